The minimum atomic E-state index is -0.565. The number of carbonyl (C=O) groups excluding carboxylic acids is 1. The second-order valence-corrected chi connectivity index (χ2v) is 5.72. The predicted molar refractivity (Wildman–Crippen MR) is 67.5 cm³/mol. The fraction of sp³-hybridized carbons (Fsp3) is 0.417. The molecular weight excluding hydrogens is 287 g/mol. The summed E-state index contributed by atoms with van der Waals surface area (Å²) in [7, 11) is 0. The summed E-state index contributed by atoms with van der Waals surface area (Å²) in [6.07, 6.45) is 2.13. The van der Waals surface area contributed by atoms with Gasteiger partial charge < -0.3 is 10.6 Å². The third-order valence-electron chi connectivity index (χ3n) is 3.57. The van der Waals surface area contributed by atoms with Crippen LogP contribution < -0.4 is 10.6 Å². The first-order valence-corrected chi connectivity index (χ1v) is 6.38. The van der Waals surface area contributed by atoms with Crippen molar-refractivity contribution in [3.63, 3.8) is 0 Å². The van der Waals surface area contributed by atoms with Crippen molar-refractivity contribution in [1.29, 1.82) is 0 Å². The van der Waals surface area contributed by atoms with E-state index in [4.69, 9.17) is 0 Å². The minimum Gasteiger partial charge on any atom is -0.369 e. The van der Waals surface area contributed by atoms with E-state index in [1.54, 1.807) is 6.07 Å². The summed E-state index contributed by atoms with van der Waals surface area (Å²) in [5.74, 6) is -0.0745. The summed E-state index contributed by atoms with van der Waals surface area (Å²) in [6.45, 7) is 1.90. The smallest absolute Gasteiger partial charge is 0.250 e. The van der Waals surface area contributed by atoms with Crippen LogP contribution in [0.2, 0.25) is 0 Å². The van der Waals surface area contributed by atoms with Crippen LogP contribution in [0.4, 0.5) is 15.8 Å². The summed E-state index contributed by atoms with van der Waals surface area (Å²) < 4.78 is 13.8. The van der Waals surface area contributed by atoms with Crippen LogP contribution in [0, 0.1) is 11.7 Å². The molecule has 3 nitrogen and oxygen atoms in total. The maximum absolute atomic E-state index is 13.4. The van der Waals surface area contributed by atoms with Gasteiger partial charge in [0.2, 0.25) is 5.91 Å². The van der Waals surface area contributed by atoms with Crippen molar-refractivity contribution < 1.29 is 9.18 Å². The molecule has 1 fully saturated rings. The Kier molecular flexibility index (Phi) is 2.23. The zero-order valence-corrected chi connectivity index (χ0v) is 10.9. The van der Waals surface area contributed by atoms with E-state index in [1.165, 1.54) is 6.07 Å². The van der Waals surface area contributed by atoms with Gasteiger partial charge in [0.1, 0.15) is 11.4 Å². The Morgan fingerprint density at radius 3 is 2.76 bits per heavy atom. The topological polar surface area (TPSA) is 41.1 Å². The number of amides is 1. The zero-order chi connectivity index (χ0) is 12.2. The van der Waals surface area contributed by atoms with E-state index >= 15 is 0 Å². The Hall–Kier alpha value is -1.10. The Bertz CT molecular complexity index is 515. The highest BCUT2D eigenvalue weighted by atomic mass is 79.9. The highest BCUT2D eigenvalue weighted by molar-refractivity contribution is 9.10. The number of benzene rings is 1. The molecule has 1 aliphatic heterocycles. The van der Waals surface area contributed by atoms with E-state index in [2.05, 4.69) is 26.6 Å². The first kappa shape index (κ1) is 11.0. The van der Waals surface area contributed by atoms with Crippen molar-refractivity contribution in [1.82, 2.24) is 0 Å². The number of nitrogens with one attached hydrogen (secondary N) is 2. The molecule has 0 radical (unpaired) electrons. The van der Waals surface area contributed by atoms with Crippen LogP contribution in [0.25, 0.3) is 0 Å². The molecule has 17 heavy (non-hydrogen) atoms. The molecule has 0 bridgehead atoms. The van der Waals surface area contributed by atoms with Crippen molar-refractivity contribution >= 4 is 33.2 Å². The van der Waals surface area contributed by atoms with Gasteiger partial charge in [-0.25, -0.2) is 4.39 Å². The van der Waals surface area contributed by atoms with Gasteiger partial charge in [-0.15, -0.1) is 0 Å². The van der Waals surface area contributed by atoms with E-state index < -0.39 is 5.54 Å². The summed E-state index contributed by atoms with van der Waals surface area (Å²) >= 11 is 3.15. The molecule has 1 unspecified atom stereocenters. The quantitative estimate of drug-likeness (QED) is 0.836. The van der Waals surface area contributed by atoms with Gasteiger partial charge in [-0.05, 0) is 47.7 Å². The van der Waals surface area contributed by atoms with Gasteiger partial charge in [0, 0.05) is 6.07 Å². The van der Waals surface area contributed by atoms with Crippen LogP contribution in [0.15, 0.2) is 16.6 Å². The molecular formula is C12H12BrFN2O. The average Bonchev–Trinajstić information content (AvgIpc) is 3.07. The van der Waals surface area contributed by atoms with Gasteiger partial charge in [0.15, 0.2) is 0 Å². The number of fused-ring (bicyclic) bond motifs is 1. The molecule has 1 amide bonds. The molecule has 1 heterocycles. The Balaban J connectivity index is 2.04. The zero-order valence-electron chi connectivity index (χ0n) is 9.31. The molecule has 1 saturated carbocycles. The van der Waals surface area contributed by atoms with E-state index in [0.717, 1.165) is 18.5 Å². The SMILES string of the molecule is CC1(C2CC2)Nc2cc(Br)c(F)cc2NC1=O. The fourth-order valence-corrected chi connectivity index (χ4v) is 2.63. The number of hydrogen-bond donors (Lipinski definition) is 2. The summed E-state index contributed by atoms with van der Waals surface area (Å²) in [5, 5.41) is 6.02. The first-order chi connectivity index (χ1) is 8.00. The number of carbonyl (C=O) groups is 1. The highest BCUT2D eigenvalue weighted by Gasteiger charge is 2.49. The van der Waals surface area contributed by atoms with Crippen LogP contribution in [-0.2, 0) is 4.79 Å². The van der Waals surface area contributed by atoms with Crippen LogP contribution in [-0.4, -0.2) is 11.4 Å². The van der Waals surface area contributed by atoms with Crippen molar-refractivity contribution in [2.75, 3.05) is 10.6 Å². The van der Waals surface area contributed by atoms with Gasteiger partial charge >= 0.3 is 0 Å². The molecule has 1 atom stereocenters. The van der Waals surface area contributed by atoms with Crippen LogP contribution in [0.1, 0.15) is 19.8 Å². The molecule has 2 aliphatic rings. The number of anilines is 2. The van der Waals surface area contributed by atoms with Gasteiger partial charge in [-0.3, -0.25) is 4.79 Å². The summed E-state index contributed by atoms with van der Waals surface area (Å²) in [5.41, 5.74) is 0.714. The summed E-state index contributed by atoms with van der Waals surface area (Å²) in [6, 6.07) is 3.00. The third kappa shape index (κ3) is 1.64. The van der Waals surface area contributed by atoms with Gasteiger partial charge in [-0.1, -0.05) is 0 Å². The van der Waals surface area contributed by atoms with Crippen LogP contribution in [0.3, 0.4) is 0 Å². The Morgan fingerprint density at radius 2 is 2.12 bits per heavy atom. The lowest BCUT2D eigenvalue weighted by molar-refractivity contribution is -0.120. The van der Waals surface area contributed by atoms with E-state index in [9.17, 15) is 9.18 Å². The van der Waals surface area contributed by atoms with Crippen LogP contribution >= 0.6 is 15.9 Å². The minimum absolute atomic E-state index is 0.0748. The van der Waals surface area contributed by atoms with Crippen LogP contribution in [0.5, 0.6) is 0 Å². The molecule has 3 rings (SSSR count). The molecule has 1 aliphatic carbocycles. The third-order valence-corrected chi connectivity index (χ3v) is 4.18. The van der Waals surface area contributed by atoms with E-state index in [0.29, 0.717) is 16.1 Å². The Labute approximate surface area is 107 Å². The predicted octanol–water partition coefficient (Wildman–Crippen LogP) is 3.12. The number of rotatable bonds is 1. The number of halogens is 2. The maximum Gasteiger partial charge on any atom is 0.250 e. The maximum atomic E-state index is 13.4. The normalized spacial score (nSPS) is 27.1. The van der Waals surface area contributed by atoms with Crippen molar-refractivity contribution in [3.8, 4) is 0 Å². The molecule has 2 N–H and O–H groups in total. The van der Waals surface area contributed by atoms with Crippen molar-refractivity contribution in [2.24, 2.45) is 5.92 Å². The van der Waals surface area contributed by atoms with E-state index in [1.807, 2.05) is 6.92 Å². The lowest BCUT2D eigenvalue weighted by atomic mass is 9.91. The standard InChI is InChI=1S/C12H12BrFN2O/c1-12(6-2-3-6)11(17)15-9-5-8(14)7(13)4-10(9)16-12/h4-6,16H,2-3H2,1H3,(H,15,17). The van der Waals surface area contributed by atoms with Gasteiger partial charge in [-0.2, -0.15) is 0 Å². The molecule has 0 aromatic heterocycles. The molecule has 0 saturated heterocycles. The number of hydrogen-bond acceptors (Lipinski definition) is 2. The largest absolute Gasteiger partial charge is 0.369 e. The molecule has 1 aromatic carbocycles. The van der Waals surface area contributed by atoms with Crippen molar-refractivity contribution in [2.45, 2.75) is 25.3 Å². The second kappa shape index (κ2) is 3.45. The van der Waals surface area contributed by atoms with Gasteiger partial charge in [0.05, 0.1) is 15.8 Å². The lowest BCUT2D eigenvalue weighted by Gasteiger charge is -2.36. The molecule has 0 spiro atoms. The molecule has 5 heteroatoms. The Morgan fingerprint density at radius 1 is 1.41 bits per heavy atom. The second-order valence-electron chi connectivity index (χ2n) is 4.87. The molecule has 1 aromatic rings. The first-order valence-electron chi connectivity index (χ1n) is 5.59. The lowest BCUT2D eigenvalue weighted by Crippen LogP contribution is -2.51. The monoisotopic (exact) mass is 298 g/mol. The highest BCUT2D eigenvalue weighted by Crippen LogP contribution is 2.45. The van der Waals surface area contributed by atoms with Gasteiger partial charge in [0.25, 0.3) is 0 Å². The fourth-order valence-electron chi connectivity index (χ4n) is 2.29. The molecule has 90 valence electrons. The van der Waals surface area contributed by atoms with E-state index in [-0.39, 0.29) is 11.7 Å². The summed E-state index contributed by atoms with van der Waals surface area (Å²) in [4.78, 5) is 12.0. The van der Waals surface area contributed by atoms with Crippen molar-refractivity contribution in [3.05, 3.63) is 22.4 Å². The average molecular weight is 299 g/mol.